The van der Waals surface area contributed by atoms with Crippen molar-refractivity contribution in [1.82, 2.24) is 25.3 Å². The van der Waals surface area contributed by atoms with Crippen LogP contribution in [-0.4, -0.2) is 26.5 Å². The van der Waals surface area contributed by atoms with Crippen molar-refractivity contribution in [2.45, 2.75) is 32.9 Å². The second kappa shape index (κ2) is 6.26. The Kier molecular flexibility index (Phi) is 4.41. The number of hydrogen-bond donors (Lipinski definition) is 1. The van der Waals surface area contributed by atoms with Crippen molar-refractivity contribution in [3.05, 3.63) is 42.0 Å². The molecule has 0 radical (unpaired) electrons. The van der Waals surface area contributed by atoms with E-state index in [2.05, 4.69) is 34.5 Å². The summed E-state index contributed by atoms with van der Waals surface area (Å²) in [7, 11) is 0. The molecule has 2 aromatic heterocycles. The summed E-state index contributed by atoms with van der Waals surface area (Å²) in [6.07, 6.45) is 4.67. The first kappa shape index (κ1) is 12.7. The summed E-state index contributed by atoms with van der Waals surface area (Å²) in [5.41, 5.74) is 2.07. The van der Waals surface area contributed by atoms with Crippen LogP contribution in [0.15, 0.2) is 30.6 Å². The van der Waals surface area contributed by atoms with E-state index in [1.807, 2.05) is 35.3 Å². The van der Waals surface area contributed by atoms with Crippen LogP contribution in [0.4, 0.5) is 0 Å². The van der Waals surface area contributed by atoms with E-state index >= 15 is 0 Å². The third-order valence-corrected chi connectivity index (χ3v) is 2.77. The lowest BCUT2D eigenvalue weighted by Gasteiger charge is -2.17. The highest BCUT2D eigenvalue weighted by molar-refractivity contribution is 5.19. The maximum atomic E-state index is 4.42. The molecule has 0 fully saturated rings. The van der Waals surface area contributed by atoms with Crippen LogP contribution in [0.2, 0.25) is 0 Å². The monoisotopic (exact) mass is 245 g/mol. The van der Waals surface area contributed by atoms with Crippen molar-refractivity contribution in [3.8, 4) is 0 Å². The summed E-state index contributed by atoms with van der Waals surface area (Å²) in [6.45, 7) is 5.97. The van der Waals surface area contributed by atoms with Gasteiger partial charge < -0.3 is 5.32 Å². The molecule has 0 saturated carbocycles. The lowest BCUT2D eigenvalue weighted by molar-refractivity contribution is 0.506. The van der Waals surface area contributed by atoms with E-state index < -0.39 is 0 Å². The molecule has 0 aromatic carbocycles. The summed E-state index contributed by atoms with van der Waals surface area (Å²) in [5.74, 6) is 0. The average Bonchev–Trinajstić information content (AvgIpc) is 2.85. The molecule has 18 heavy (non-hydrogen) atoms. The average molecular weight is 245 g/mol. The first-order valence-electron chi connectivity index (χ1n) is 6.39. The van der Waals surface area contributed by atoms with Crippen LogP contribution in [0.25, 0.3) is 0 Å². The number of nitrogens with zero attached hydrogens (tertiary/aromatic N) is 4. The fourth-order valence-corrected chi connectivity index (χ4v) is 1.99. The molecular formula is C13H19N5. The minimum Gasteiger partial charge on any atom is -0.304 e. The van der Waals surface area contributed by atoms with E-state index in [1.165, 1.54) is 0 Å². The smallest absolute Gasteiger partial charge is 0.0938 e. The fourth-order valence-electron chi connectivity index (χ4n) is 1.99. The standard InChI is InChI=1S/C13H19N5/c1-3-9-18-12(10-16-17-18)13(14-4-2)11-7-5-6-8-15-11/h5-8,10,13-14H,3-4,9H2,1-2H3. The molecule has 1 N–H and O–H groups in total. The van der Waals surface area contributed by atoms with Crippen LogP contribution < -0.4 is 5.32 Å². The molecule has 1 atom stereocenters. The van der Waals surface area contributed by atoms with Gasteiger partial charge in [-0.3, -0.25) is 4.98 Å². The zero-order valence-electron chi connectivity index (χ0n) is 10.9. The van der Waals surface area contributed by atoms with Gasteiger partial charge in [0.1, 0.15) is 0 Å². The van der Waals surface area contributed by atoms with E-state index in [1.54, 1.807) is 0 Å². The highest BCUT2D eigenvalue weighted by atomic mass is 15.4. The molecule has 0 amide bonds. The van der Waals surface area contributed by atoms with Crippen molar-refractivity contribution < 1.29 is 0 Å². The van der Waals surface area contributed by atoms with Crippen molar-refractivity contribution in [2.75, 3.05) is 6.54 Å². The summed E-state index contributed by atoms with van der Waals surface area (Å²) in [6, 6.07) is 6.00. The van der Waals surface area contributed by atoms with Gasteiger partial charge in [0.2, 0.25) is 0 Å². The first-order valence-corrected chi connectivity index (χ1v) is 6.39. The van der Waals surface area contributed by atoms with Crippen LogP contribution in [-0.2, 0) is 6.54 Å². The molecule has 5 nitrogen and oxygen atoms in total. The summed E-state index contributed by atoms with van der Waals surface area (Å²) < 4.78 is 1.95. The molecule has 96 valence electrons. The molecule has 0 bridgehead atoms. The van der Waals surface area contributed by atoms with Gasteiger partial charge >= 0.3 is 0 Å². The fraction of sp³-hybridized carbons (Fsp3) is 0.462. The second-order valence-corrected chi connectivity index (χ2v) is 4.13. The largest absolute Gasteiger partial charge is 0.304 e. The van der Waals surface area contributed by atoms with E-state index in [-0.39, 0.29) is 6.04 Å². The molecule has 0 aliphatic heterocycles. The van der Waals surface area contributed by atoms with Crippen LogP contribution >= 0.6 is 0 Å². The highest BCUT2D eigenvalue weighted by Gasteiger charge is 2.18. The summed E-state index contributed by atoms with van der Waals surface area (Å²) >= 11 is 0. The first-order chi connectivity index (χ1) is 8.86. The molecular weight excluding hydrogens is 226 g/mol. The Balaban J connectivity index is 2.32. The van der Waals surface area contributed by atoms with Crippen LogP contribution in [0.1, 0.15) is 37.7 Å². The minimum absolute atomic E-state index is 0.0535. The predicted molar refractivity (Wildman–Crippen MR) is 70.1 cm³/mol. The molecule has 0 aliphatic rings. The maximum absolute atomic E-state index is 4.42. The Morgan fingerprint density at radius 2 is 2.22 bits per heavy atom. The van der Waals surface area contributed by atoms with Gasteiger partial charge in [-0.1, -0.05) is 25.1 Å². The van der Waals surface area contributed by atoms with Gasteiger partial charge in [-0.2, -0.15) is 0 Å². The third-order valence-electron chi connectivity index (χ3n) is 2.77. The van der Waals surface area contributed by atoms with Gasteiger partial charge in [0.25, 0.3) is 0 Å². The van der Waals surface area contributed by atoms with Gasteiger partial charge in [-0.15, -0.1) is 5.10 Å². The van der Waals surface area contributed by atoms with Crippen molar-refractivity contribution >= 4 is 0 Å². The molecule has 2 heterocycles. The van der Waals surface area contributed by atoms with Crippen molar-refractivity contribution in [3.63, 3.8) is 0 Å². The Bertz CT molecular complexity index is 465. The second-order valence-electron chi connectivity index (χ2n) is 4.13. The predicted octanol–water partition coefficient (Wildman–Crippen LogP) is 1.78. The van der Waals surface area contributed by atoms with E-state index in [4.69, 9.17) is 0 Å². The van der Waals surface area contributed by atoms with Crippen LogP contribution in [0.3, 0.4) is 0 Å². The Hall–Kier alpha value is -1.75. The van der Waals surface area contributed by atoms with Gasteiger partial charge in [-0.25, -0.2) is 4.68 Å². The summed E-state index contributed by atoms with van der Waals surface area (Å²) in [5, 5.41) is 11.6. The Morgan fingerprint density at radius 1 is 1.33 bits per heavy atom. The van der Waals surface area contributed by atoms with Crippen LogP contribution in [0.5, 0.6) is 0 Å². The maximum Gasteiger partial charge on any atom is 0.0938 e. The SMILES string of the molecule is CCCn1nncc1C(NCC)c1ccccn1. The van der Waals surface area contributed by atoms with Gasteiger partial charge in [0.05, 0.1) is 23.6 Å². The van der Waals surface area contributed by atoms with Crippen molar-refractivity contribution in [2.24, 2.45) is 0 Å². The topological polar surface area (TPSA) is 55.6 Å². The van der Waals surface area contributed by atoms with E-state index in [9.17, 15) is 0 Å². The number of pyridine rings is 1. The third kappa shape index (κ3) is 2.73. The zero-order chi connectivity index (χ0) is 12.8. The summed E-state index contributed by atoms with van der Waals surface area (Å²) in [4.78, 5) is 4.42. The normalized spacial score (nSPS) is 12.6. The lowest BCUT2D eigenvalue weighted by atomic mass is 10.1. The highest BCUT2D eigenvalue weighted by Crippen LogP contribution is 2.19. The number of nitrogens with one attached hydrogen (secondary N) is 1. The number of rotatable bonds is 6. The van der Waals surface area contributed by atoms with Crippen molar-refractivity contribution in [1.29, 1.82) is 0 Å². The molecule has 1 unspecified atom stereocenters. The molecule has 0 saturated heterocycles. The molecule has 5 heteroatoms. The molecule has 2 aromatic rings. The number of aryl methyl sites for hydroxylation is 1. The zero-order valence-corrected chi connectivity index (χ0v) is 10.9. The molecule has 0 spiro atoms. The van der Waals surface area contributed by atoms with Crippen LogP contribution in [0, 0.1) is 0 Å². The van der Waals surface area contributed by atoms with E-state index in [0.29, 0.717) is 0 Å². The Labute approximate surface area is 107 Å². The Morgan fingerprint density at radius 3 is 2.89 bits per heavy atom. The molecule has 2 rings (SSSR count). The molecule has 0 aliphatic carbocycles. The van der Waals surface area contributed by atoms with Gasteiger partial charge in [0.15, 0.2) is 0 Å². The lowest BCUT2D eigenvalue weighted by Crippen LogP contribution is -2.25. The number of hydrogen-bond acceptors (Lipinski definition) is 4. The van der Waals surface area contributed by atoms with Gasteiger partial charge in [-0.05, 0) is 25.1 Å². The van der Waals surface area contributed by atoms with Gasteiger partial charge in [0, 0.05) is 12.7 Å². The van der Waals surface area contributed by atoms with E-state index in [0.717, 1.165) is 30.9 Å². The minimum atomic E-state index is 0.0535. The quantitative estimate of drug-likeness (QED) is 0.843. The number of aromatic nitrogens is 4.